The molecule has 0 fully saturated rings. The van der Waals surface area contributed by atoms with Gasteiger partial charge in [-0.2, -0.15) is 0 Å². The number of thioether (sulfide) groups is 1. The van der Waals surface area contributed by atoms with E-state index in [-0.39, 0.29) is 11.7 Å². The molecule has 0 aliphatic heterocycles. The molecule has 0 atom stereocenters. The Bertz CT molecular complexity index is 908. The largest absolute Gasteiger partial charge is 0.336 e. The SMILES string of the molecule is Cc1ccc(C)c(NC(=O)CSc2nnc(Cc3ccccc3)n2N)c1. The first-order valence-corrected chi connectivity index (χ1v) is 9.24. The van der Waals surface area contributed by atoms with Crippen molar-refractivity contribution in [2.24, 2.45) is 0 Å². The summed E-state index contributed by atoms with van der Waals surface area (Å²) in [6.45, 7) is 3.96. The summed E-state index contributed by atoms with van der Waals surface area (Å²) in [6.07, 6.45) is 0.597. The molecule has 7 heteroatoms. The predicted molar refractivity (Wildman–Crippen MR) is 105 cm³/mol. The van der Waals surface area contributed by atoms with E-state index in [1.54, 1.807) is 0 Å². The minimum Gasteiger partial charge on any atom is -0.336 e. The van der Waals surface area contributed by atoms with Crippen LogP contribution >= 0.6 is 11.8 Å². The highest BCUT2D eigenvalue weighted by Gasteiger charge is 2.13. The number of carbonyl (C=O) groups is 1. The highest BCUT2D eigenvalue weighted by molar-refractivity contribution is 7.99. The van der Waals surface area contributed by atoms with Crippen LogP contribution in [0.25, 0.3) is 0 Å². The number of benzene rings is 2. The molecule has 6 nitrogen and oxygen atoms in total. The third-order valence-electron chi connectivity index (χ3n) is 3.94. The van der Waals surface area contributed by atoms with Crippen LogP contribution in [0.5, 0.6) is 0 Å². The summed E-state index contributed by atoms with van der Waals surface area (Å²) in [5.74, 6) is 6.85. The van der Waals surface area contributed by atoms with E-state index in [0.717, 1.165) is 22.4 Å². The summed E-state index contributed by atoms with van der Waals surface area (Å²) >= 11 is 1.27. The maximum atomic E-state index is 12.2. The molecule has 0 aliphatic rings. The van der Waals surface area contributed by atoms with Crippen LogP contribution in [0.3, 0.4) is 0 Å². The molecule has 1 amide bonds. The second-order valence-electron chi connectivity index (χ2n) is 6.09. The summed E-state index contributed by atoms with van der Waals surface area (Å²) in [6, 6.07) is 15.9. The van der Waals surface area contributed by atoms with E-state index in [1.807, 2.05) is 62.4 Å². The summed E-state index contributed by atoms with van der Waals surface area (Å²) in [5, 5.41) is 11.7. The fourth-order valence-corrected chi connectivity index (χ4v) is 3.17. The fourth-order valence-electron chi connectivity index (χ4n) is 2.49. The molecule has 0 aliphatic carbocycles. The number of amides is 1. The van der Waals surface area contributed by atoms with Crippen LogP contribution in [0, 0.1) is 13.8 Å². The Kier molecular flexibility index (Phi) is 5.58. The van der Waals surface area contributed by atoms with Gasteiger partial charge in [0.05, 0.1) is 5.75 Å². The Hall–Kier alpha value is -2.80. The van der Waals surface area contributed by atoms with Gasteiger partial charge in [0.2, 0.25) is 11.1 Å². The molecule has 0 radical (unpaired) electrons. The van der Waals surface area contributed by atoms with Gasteiger partial charge in [0.1, 0.15) is 0 Å². The quantitative estimate of drug-likeness (QED) is 0.517. The minimum atomic E-state index is -0.101. The van der Waals surface area contributed by atoms with E-state index in [0.29, 0.717) is 17.4 Å². The van der Waals surface area contributed by atoms with Gasteiger partial charge in [-0.25, -0.2) is 4.68 Å². The van der Waals surface area contributed by atoms with E-state index < -0.39 is 0 Å². The number of carbonyl (C=O) groups excluding carboxylic acids is 1. The van der Waals surface area contributed by atoms with E-state index >= 15 is 0 Å². The number of hydrogen-bond acceptors (Lipinski definition) is 5. The van der Waals surface area contributed by atoms with Gasteiger partial charge >= 0.3 is 0 Å². The number of rotatable bonds is 6. The molecule has 134 valence electrons. The molecule has 3 rings (SSSR count). The Morgan fingerprint density at radius 2 is 1.92 bits per heavy atom. The molecule has 0 saturated heterocycles. The maximum absolute atomic E-state index is 12.2. The lowest BCUT2D eigenvalue weighted by atomic mass is 10.1. The monoisotopic (exact) mass is 367 g/mol. The number of hydrogen-bond donors (Lipinski definition) is 2. The highest BCUT2D eigenvalue weighted by Crippen LogP contribution is 2.19. The summed E-state index contributed by atoms with van der Waals surface area (Å²) in [4.78, 5) is 12.2. The third-order valence-corrected chi connectivity index (χ3v) is 4.88. The molecule has 2 aromatic carbocycles. The molecule has 3 N–H and O–H groups in total. The molecule has 0 bridgehead atoms. The first-order chi connectivity index (χ1) is 12.5. The molecule has 0 unspecified atom stereocenters. The molecular formula is C19H21N5OS. The number of nitrogens with one attached hydrogen (secondary N) is 1. The molecule has 0 saturated carbocycles. The van der Waals surface area contributed by atoms with E-state index in [1.165, 1.54) is 16.4 Å². The van der Waals surface area contributed by atoms with Gasteiger partial charge in [-0.3, -0.25) is 4.79 Å². The van der Waals surface area contributed by atoms with Crippen molar-refractivity contribution in [1.82, 2.24) is 14.9 Å². The lowest BCUT2D eigenvalue weighted by molar-refractivity contribution is -0.113. The minimum absolute atomic E-state index is 0.101. The number of nitrogens with zero attached hydrogens (tertiary/aromatic N) is 3. The number of nitrogens with two attached hydrogens (primary N) is 1. The average molecular weight is 367 g/mol. The van der Waals surface area contributed by atoms with Crippen molar-refractivity contribution in [3.8, 4) is 0 Å². The van der Waals surface area contributed by atoms with E-state index in [2.05, 4.69) is 15.5 Å². The zero-order valence-electron chi connectivity index (χ0n) is 14.8. The molecule has 0 spiro atoms. The smallest absolute Gasteiger partial charge is 0.234 e. The second-order valence-corrected chi connectivity index (χ2v) is 7.03. The van der Waals surface area contributed by atoms with Gasteiger partial charge in [-0.15, -0.1) is 10.2 Å². The highest BCUT2D eigenvalue weighted by atomic mass is 32.2. The van der Waals surface area contributed by atoms with E-state index in [9.17, 15) is 4.79 Å². The first-order valence-electron chi connectivity index (χ1n) is 8.26. The molecule has 3 aromatic rings. The van der Waals surface area contributed by atoms with Gasteiger partial charge in [-0.1, -0.05) is 54.2 Å². The summed E-state index contributed by atoms with van der Waals surface area (Å²) in [7, 11) is 0. The maximum Gasteiger partial charge on any atom is 0.234 e. The normalized spacial score (nSPS) is 10.7. The molecule has 1 aromatic heterocycles. The average Bonchev–Trinajstić information content (AvgIpc) is 2.97. The topological polar surface area (TPSA) is 85.8 Å². The Morgan fingerprint density at radius 3 is 2.69 bits per heavy atom. The Balaban J connectivity index is 1.59. The second kappa shape index (κ2) is 8.05. The molecule has 26 heavy (non-hydrogen) atoms. The fraction of sp³-hybridized carbons (Fsp3) is 0.211. The first kappa shape index (κ1) is 18.0. The summed E-state index contributed by atoms with van der Waals surface area (Å²) in [5.41, 5.74) is 4.07. The standard InChI is InChI=1S/C19H21N5OS/c1-13-8-9-14(2)16(10-13)21-18(25)12-26-19-23-22-17(24(19)20)11-15-6-4-3-5-7-15/h3-10H,11-12,20H2,1-2H3,(H,21,25). The van der Waals surface area contributed by atoms with Gasteiger partial charge in [0, 0.05) is 12.1 Å². The van der Waals surface area contributed by atoms with Crippen LogP contribution in [-0.4, -0.2) is 26.5 Å². The Labute approximate surface area is 156 Å². The van der Waals surface area contributed by atoms with Crippen molar-refractivity contribution in [3.63, 3.8) is 0 Å². The lowest BCUT2D eigenvalue weighted by Gasteiger charge is -2.09. The molecule has 1 heterocycles. The van der Waals surface area contributed by atoms with Gasteiger partial charge in [0.25, 0.3) is 0 Å². The molecular weight excluding hydrogens is 346 g/mol. The Morgan fingerprint density at radius 1 is 1.15 bits per heavy atom. The number of aromatic nitrogens is 3. The van der Waals surface area contributed by atoms with Crippen molar-refractivity contribution < 1.29 is 4.79 Å². The number of aryl methyl sites for hydroxylation is 2. The zero-order valence-corrected chi connectivity index (χ0v) is 15.6. The number of anilines is 1. The summed E-state index contributed by atoms with van der Waals surface area (Å²) < 4.78 is 1.45. The van der Waals surface area contributed by atoms with Crippen LogP contribution < -0.4 is 11.2 Å². The van der Waals surface area contributed by atoms with Crippen molar-refractivity contribution in [2.45, 2.75) is 25.4 Å². The van der Waals surface area contributed by atoms with Crippen molar-refractivity contribution in [3.05, 3.63) is 71.0 Å². The van der Waals surface area contributed by atoms with Gasteiger partial charge in [0.15, 0.2) is 5.82 Å². The van der Waals surface area contributed by atoms with Crippen LogP contribution in [0.1, 0.15) is 22.5 Å². The predicted octanol–water partition coefficient (Wildman–Crippen LogP) is 2.93. The van der Waals surface area contributed by atoms with Crippen molar-refractivity contribution >= 4 is 23.4 Å². The van der Waals surface area contributed by atoms with Crippen LogP contribution in [0.4, 0.5) is 5.69 Å². The third kappa shape index (κ3) is 4.43. The van der Waals surface area contributed by atoms with Crippen molar-refractivity contribution in [1.29, 1.82) is 0 Å². The van der Waals surface area contributed by atoms with Crippen LogP contribution in [0.15, 0.2) is 53.7 Å². The van der Waals surface area contributed by atoms with E-state index in [4.69, 9.17) is 5.84 Å². The zero-order chi connectivity index (χ0) is 18.5. The van der Waals surface area contributed by atoms with Crippen LogP contribution in [-0.2, 0) is 11.2 Å². The van der Waals surface area contributed by atoms with Crippen LogP contribution in [0.2, 0.25) is 0 Å². The number of nitrogen functional groups attached to an aromatic ring is 1. The van der Waals surface area contributed by atoms with Crippen molar-refractivity contribution in [2.75, 3.05) is 16.9 Å². The van der Waals surface area contributed by atoms with Gasteiger partial charge < -0.3 is 11.2 Å². The lowest BCUT2D eigenvalue weighted by Crippen LogP contribution is -2.17. The van der Waals surface area contributed by atoms with Gasteiger partial charge in [-0.05, 0) is 36.6 Å².